The lowest BCUT2D eigenvalue weighted by atomic mass is 10.1. The highest BCUT2D eigenvalue weighted by Gasteiger charge is 2.13. The fraction of sp³-hybridized carbons (Fsp3) is 0.133. The number of hydrogen-bond acceptors (Lipinski definition) is 2. The van der Waals surface area contributed by atoms with Crippen LogP contribution in [0.1, 0.15) is 17.2 Å². The number of aryl methyl sites for hydroxylation is 1. The van der Waals surface area contributed by atoms with E-state index < -0.39 is 6.04 Å². The molecule has 0 heterocycles. The molecule has 1 unspecified atom stereocenters. The topological polar surface area (TPSA) is 35.8 Å². The number of anilines is 1. The van der Waals surface area contributed by atoms with E-state index in [0.29, 0.717) is 5.02 Å². The summed E-state index contributed by atoms with van der Waals surface area (Å²) in [5.41, 5.74) is 2.94. The number of benzene rings is 2. The Morgan fingerprint density at radius 3 is 2.47 bits per heavy atom. The fourth-order valence-electron chi connectivity index (χ4n) is 1.76. The molecule has 1 N–H and O–H groups in total. The first kappa shape index (κ1) is 13.9. The van der Waals surface area contributed by atoms with Crippen LogP contribution in [-0.2, 0) is 0 Å². The summed E-state index contributed by atoms with van der Waals surface area (Å²) in [4.78, 5) is 0. The first-order valence-electron chi connectivity index (χ1n) is 5.78. The van der Waals surface area contributed by atoms with Gasteiger partial charge in [-0.1, -0.05) is 39.7 Å². The molecule has 0 amide bonds. The normalized spacial score (nSPS) is 11.7. The summed E-state index contributed by atoms with van der Waals surface area (Å²) in [6, 6.07) is 15.1. The van der Waals surface area contributed by atoms with Crippen LogP contribution in [0.3, 0.4) is 0 Å². The van der Waals surface area contributed by atoms with Gasteiger partial charge in [-0.05, 0) is 42.8 Å². The lowest BCUT2D eigenvalue weighted by Gasteiger charge is -2.15. The summed E-state index contributed by atoms with van der Waals surface area (Å²) in [6.45, 7) is 2.02. The molecule has 2 rings (SSSR count). The Balaban J connectivity index is 2.25. The highest BCUT2D eigenvalue weighted by Crippen LogP contribution is 2.27. The van der Waals surface area contributed by atoms with Crippen molar-refractivity contribution in [2.45, 2.75) is 13.0 Å². The van der Waals surface area contributed by atoms with E-state index in [9.17, 15) is 5.26 Å². The van der Waals surface area contributed by atoms with Crippen LogP contribution < -0.4 is 5.32 Å². The molecule has 1 atom stereocenters. The number of nitrogens with zero attached hydrogens (tertiary/aromatic N) is 1. The standard InChI is InChI=1S/C15H12BrClN2/c1-10-2-7-13(14(16)8-10)15(9-18)19-12-5-3-11(17)4-6-12/h2-8,15,19H,1H3. The smallest absolute Gasteiger partial charge is 0.141 e. The Hall–Kier alpha value is -1.50. The van der Waals surface area contributed by atoms with Gasteiger partial charge in [0.05, 0.1) is 6.07 Å². The van der Waals surface area contributed by atoms with Crippen molar-refractivity contribution >= 4 is 33.2 Å². The van der Waals surface area contributed by atoms with E-state index in [0.717, 1.165) is 21.3 Å². The van der Waals surface area contributed by atoms with Crippen molar-refractivity contribution in [2.24, 2.45) is 0 Å². The lowest BCUT2D eigenvalue weighted by Crippen LogP contribution is -2.09. The van der Waals surface area contributed by atoms with E-state index in [1.165, 1.54) is 0 Å². The first-order valence-corrected chi connectivity index (χ1v) is 6.95. The summed E-state index contributed by atoms with van der Waals surface area (Å²) in [7, 11) is 0. The second kappa shape index (κ2) is 6.10. The van der Waals surface area contributed by atoms with Gasteiger partial charge < -0.3 is 5.32 Å². The molecule has 0 saturated carbocycles. The SMILES string of the molecule is Cc1ccc(C(C#N)Nc2ccc(Cl)cc2)c(Br)c1. The molecule has 0 bridgehead atoms. The molecule has 4 heteroatoms. The van der Waals surface area contributed by atoms with E-state index in [1.54, 1.807) is 12.1 Å². The third-order valence-corrected chi connectivity index (χ3v) is 3.69. The minimum absolute atomic E-state index is 0.406. The van der Waals surface area contributed by atoms with E-state index in [4.69, 9.17) is 11.6 Å². The average Bonchev–Trinajstić information content (AvgIpc) is 2.39. The second-order valence-corrected chi connectivity index (χ2v) is 5.53. The van der Waals surface area contributed by atoms with E-state index in [2.05, 4.69) is 27.3 Å². The number of rotatable bonds is 3. The van der Waals surface area contributed by atoms with Gasteiger partial charge in [0.2, 0.25) is 0 Å². The fourth-order valence-corrected chi connectivity index (χ4v) is 2.61. The third kappa shape index (κ3) is 3.50. The van der Waals surface area contributed by atoms with Crippen LogP contribution in [0.15, 0.2) is 46.9 Å². The Kier molecular flexibility index (Phi) is 4.47. The molecule has 2 aromatic carbocycles. The van der Waals surface area contributed by atoms with Gasteiger partial charge in [0.1, 0.15) is 6.04 Å². The number of nitriles is 1. The van der Waals surface area contributed by atoms with E-state index >= 15 is 0 Å². The van der Waals surface area contributed by atoms with Crippen LogP contribution in [0.25, 0.3) is 0 Å². The predicted molar refractivity (Wildman–Crippen MR) is 82.3 cm³/mol. The Morgan fingerprint density at radius 1 is 1.21 bits per heavy atom. The van der Waals surface area contributed by atoms with Gasteiger partial charge in [0, 0.05) is 20.7 Å². The van der Waals surface area contributed by atoms with Gasteiger partial charge >= 0.3 is 0 Å². The Labute approximate surface area is 126 Å². The molecule has 0 saturated heterocycles. The molecule has 0 aliphatic heterocycles. The van der Waals surface area contributed by atoms with Gasteiger partial charge in [-0.2, -0.15) is 5.26 Å². The summed E-state index contributed by atoms with van der Waals surface area (Å²) in [6.07, 6.45) is 0. The van der Waals surface area contributed by atoms with Crippen LogP contribution in [0.5, 0.6) is 0 Å². The second-order valence-electron chi connectivity index (χ2n) is 4.24. The summed E-state index contributed by atoms with van der Waals surface area (Å²) >= 11 is 9.34. The molecule has 2 nitrogen and oxygen atoms in total. The minimum atomic E-state index is -0.406. The van der Waals surface area contributed by atoms with Crippen molar-refractivity contribution in [3.05, 3.63) is 63.1 Å². The summed E-state index contributed by atoms with van der Waals surface area (Å²) in [5.74, 6) is 0. The van der Waals surface area contributed by atoms with Crippen molar-refractivity contribution in [2.75, 3.05) is 5.32 Å². The summed E-state index contributed by atoms with van der Waals surface area (Å²) < 4.78 is 0.931. The molecule has 0 aromatic heterocycles. The monoisotopic (exact) mass is 334 g/mol. The molecule has 2 aromatic rings. The maximum Gasteiger partial charge on any atom is 0.141 e. The first-order chi connectivity index (χ1) is 9.10. The van der Waals surface area contributed by atoms with Gasteiger partial charge in [-0.15, -0.1) is 0 Å². The number of nitrogens with one attached hydrogen (secondary N) is 1. The van der Waals surface area contributed by atoms with Crippen molar-refractivity contribution < 1.29 is 0 Å². The van der Waals surface area contributed by atoms with Crippen molar-refractivity contribution in [1.82, 2.24) is 0 Å². The average molecular weight is 336 g/mol. The zero-order chi connectivity index (χ0) is 13.8. The third-order valence-electron chi connectivity index (χ3n) is 2.75. The molecule has 0 fully saturated rings. The maximum absolute atomic E-state index is 9.33. The molecular formula is C15H12BrClN2. The quantitative estimate of drug-likeness (QED) is 0.848. The van der Waals surface area contributed by atoms with Gasteiger partial charge in [0.25, 0.3) is 0 Å². The van der Waals surface area contributed by atoms with Crippen molar-refractivity contribution in [3.8, 4) is 6.07 Å². The number of hydrogen-bond donors (Lipinski definition) is 1. The van der Waals surface area contributed by atoms with E-state index in [1.807, 2.05) is 37.3 Å². The number of halogens is 2. The largest absolute Gasteiger partial charge is 0.366 e. The van der Waals surface area contributed by atoms with Crippen molar-refractivity contribution in [3.63, 3.8) is 0 Å². The molecular weight excluding hydrogens is 324 g/mol. The van der Waals surface area contributed by atoms with Gasteiger partial charge in [-0.25, -0.2) is 0 Å². The molecule has 0 spiro atoms. The molecule has 96 valence electrons. The predicted octanol–water partition coefficient (Wildman–Crippen LogP) is 5.09. The molecule has 0 aliphatic rings. The zero-order valence-corrected chi connectivity index (χ0v) is 12.7. The highest BCUT2D eigenvalue weighted by molar-refractivity contribution is 9.10. The minimum Gasteiger partial charge on any atom is -0.366 e. The van der Waals surface area contributed by atoms with Crippen LogP contribution in [0, 0.1) is 18.3 Å². The highest BCUT2D eigenvalue weighted by atomic mass is 79.9. The Morgan fingerprint density at radius 2 is 1.89 bits per heavy atom. The Bertz CT molecular complexity index is 617. The van der Waals surface area contributed by atoms with Gasteiger partial charge in [-0.3, -0.25) is 0 Å². The zero-order valence-electron chi connectivity index (χ0n) is 10.3. The molecule has 19 heavy (non-hydrogen) atoms. The van der Waals surface area contributed by atoms with Gasteiger partial charge in [0.15, 0.2) is 0 Å². The van der Waals surface area contributed by atoms with Crippen LogP contribution in [0.4, 0.5) is 5.69 Å². The van der Waals surface area contributed by atoms with E-state index in [-0.39, 0.29) is 0 Å². The molecule has 0 radical (unpaired) electrons. The van der Waals surface area contributed by atoms with Crippen LogP contribution >= 0.6 is 27.5 Å². The lowest BCUT2D eigenvalue weighted by molar-refractivity contribution is 0.988. The van der Waals surface area contributed by atoms with Crippen LogP contribution in [0.2, 0.25) is 5.02 Å². The summed E-state index contributed by atoms with van der Waals surface area (Å²) in [5, 5.41) is 13.2. The van der Waals surface area contributed by atoms with Crippen molar-refractivity contribution in [1.29, 1.82) is 5.26 Å². The van der Waals surface area contributed by atoms with Crippen LogP contribution in [-0.4, -0.2) is 0 Å². The maximum atomic E-state index is 9.33. The molecule has 0 aliphatic carbocycles.